The third-order valence-electron chi connectivity index (χ3n) is 8.26. The zero-order valence-corrected chi connectivity index (χ0v) is 24.7. The van der Waals surface area contributed by atoms with E-state index >= 15 is 0 Å². The van der Waals surface area contributed by atoms with E-state index in [0.29, 0.717) is 35.3 Å². The summed E-state index contributed by atoms with van der Waals surface area (Å²) in [5.74, 6) is -0.333. The zero-order valence-electron chi connectivity index (χ0n) is 24.7. The van der Waals surface area contributed by atoms with Crippen LogP contribution in [0.1, 0.15) is 64.2 Å². The molecule has 0 atom stereocenters. The normalized spacial score (nSPS) is 16.5. The fraction of sp³-hybridized carbons (Fsp3) is 0.452. The molecule has 0 unspecified atom stereocenters. The molecule has 2 amide bonds. The van der Waals surface area contributed by atoms with Crippen LogP contribution in [-0.4, -0.2) is 65.8 Å². The molecule has 0 spiro atoms. The lowest BCUT2D eigenvalue weighted by atomic mass is 9.83. The summed E-state index contributed by atoms with van der Waals surface area (Å²) in [6.45, 7) is 9.43. The van der Waals surface area contributed by atoms with Crippen LogP contribution in [0.15, 0.2) is 41.2 Å². The summed E-state index contributed by atoms with van der Waals surface area (Å²) in [4.78, 5) is 42.9. The Kier molecular flexibility index (Phi) is 8.83. The van der Waals surface area contributed by atoms with Crippen LogP contribution in [0.2, 0.25) is 0 Å². The van der Waals surface area contributed by atoms with E-state index in [1.54, 1.807) is 11.7 Å². The van der Waals surface area contributed by atoms with Gasteiger partial charge >= 0.3 is 0 Å². The number of aryl methyl sites for hydroxylation is 1. The fourth-order valence-electron chi connectivity index (χ4n) is 5.48. The fourth-order valence-corrected chi connectivity index (χ4v) is 5.48. The molecule has 3 N–H and O–H groups in total. The summed E-state index contributed by atoms with van der Waals surface area (Å²) in [5.41, 5.74) is 6.09. The molecule has 214 valence electrons. The van der Waals surface area contributed by atoms with Crippen LogP contribution in [-0.2, 0) is 13.6 Å². The van der Waals surface area contributed by atoms with Gasteiger partial charge in [-0.1, -0.05) is 12.1 Å². The number of hydrogen-bond donors (Lipinski definition) is 3. The first-order valence-corrected chi connectivity index (χ1v) is 14.0. The van der Waals surface area contributed by atoms with E-state index in [2.05, 4.69) is 52.6 Å². The van der Waals surface area contributed by atoms with E-state index in [4.69, 9.17) is 0 Å². The Morgan fingerprint density at radius 2 is 1.65 bits per heavy atom. The molecule has 0 bridgehead atoms. The van der Waals surface area contributed by atoms with E-state index in [0.717, 1.165) is 47.5 Å². The van der Waals surface area contributed by atoms with Crippen molar-refractivity contribution in [1.82, 2.24) is 25.3 Å². The topological polar surface area (TPSA) is 102 Å². The van der Waals surface area contributed by atoms with Crippen molar-refractivity contribution in [1.29, 1.82) is 0 Å². The predicted octanol–water partition coefficient (Wildman–Crippen LogP) is 3.60. The lowest BCUT2D eigenvalue weighted by Crippen LogP contribution is -2.52. The highest BCUT2D eigenvalue weighted by molar-refractivity contribution is 5.99. The van der Waals surface area contributed by atoms with Crippen LogP contribution in [0.5, 0.6) is 0 Å². The van der Waals surface area contributed by atoms with Gasteiger partial charge in [0, 0.05) is 54.7 Å². The number of anilines is 1. The van der Waals surface area contributed by atoms with Crippen LogP contribution < -0.4 is 21.1 Å². The first kappa shape index (κ1) is 29.1. The van der Waals surface area contributed by atoms with Gasteiger partial charge in [-0.3, -0.25) is 24.2 Å². The third-order valence-corrected chi connectivity index (χ3v) is 8.26. The highest BCUT2D eigenvalue weighted by Crippen LogP contribution is 2.37. The molecule has 1 heterocycles. The molecule has 1 saturated carbocycles. The lowest BCUT2D eigenvalue weighted by Gasteiger charge is -2.47. The summed E-state index contributed by atoms with van der Waals surface area (Å²) >= 11 is 0. The van der Waals surface area contributed by atoms with Gasteiger partial charge < -0.3 is 20.4 Å². The Morgan fingerprint density at radius 1 is 0.975 bits per heavy atom. The SMILES string of the molecule is CCNC(=O)c1ccc(-c2cc(C(=O)NCc3c(C)n(C)[nH]c3=O)c(C)c(N(CC)C3CC(N(C)C)C3)c2)cc1. The monoisotopic (exact) mass is 546 g/mol. The van der Waals surface area contributed by atoms with Crippen LogP contribution in [0, 0.1) is 13.8 Å². The van der Waals surface area contributed by atoms with Crippen molar-refractivity contribution in [2.75, 3.05) is 32.1 Å². The number of nitrogens with one attached hydrogen (secondary N) is 3. The van der Waals surface area contributed by atoms with Crippen molar-refractivity contribution in [2.24, 2.45) is 7.05 Å². The Hall–Kier alpha value is -3.85. The zero-order chi connectivity index (χ0) is 29.1. The summed E-state index contributed by atoms with van der Waals surface area (Å²) in [5, 5.41) is 8.55. The minimum absolute atomic E-state index is 0.109. The lowest BCUT2D eigenvalue weighted by molar-refractivity contribution is 0.0944. The molecule has 1 fully saturated rings. The number of nitrogens with zero attached hydrogens (tertiary/aromatic N) is 3. The predicted molar refractivity (Wildman–Crippen MR) is 160 cm³/mol. The van der Waals surface area contributed by atoms with Gasteiger partial charge in [-0.15, -0.1) is 0 Å². The number of carbonyl (C=O) groups excluding carboxylic acids is 2. The second-order valence-corrected chi connectivity index (χ2v) is 10.9. The Bertz CT molecular complexity index is 1430. The molecule has 0 radical (unpaired) electrons. The van der Waals surface area contributed by atoms with Crippen LogP contribution in [0.3, 0.4) is 0 Å². The van der Waals surface area contributed by atoms with Crippen molar-refractivity contribution in [3.63, 3.8) is 0 Å². The number of amides is 2. The maximum absolute atomic E-state index is 13.6. The van der Waals surface area contributed by atoms with Gasteiger partial charge in [-0.25, -0.2) is 0 Å². The van der Waals surface area contributed by atoms with E-state index in [1.165, 1.54) is 0 Å². The Balaban J connectivity index is 1.71. The van der Waals surface area contributed by atoms with E-state index < -0.39 is 0 Å². The van der Waals surface area contributed by atoms with Gasteiger partial charge in [0.15, 0.2) is 0 Å². The minimum atomic E-state index is -0.224. The Labute approximate surface area is 236 Å². The number of benzene rings is 2. The number of hydrogen-bond acceptors (Lipinski definition) is 5. The van der Waals surface area contributed by atoms with E-state index in [1.807, 2.05) is 51.1 Å². The first-order valence-electron chi connectivity index (χ1n) is 14.0. The maximum atomic E-state index is 13.6. The highest BCUT2D eigenvalue weighted by Gasteiger charge is 2.35. The van der Waals surface area contributed by atoms with Gasteiger partial charge in [0.2, 0.25) is 0 Å². The van der Waals surface area contributed by atoms with E-state index in [9.17, 15) is 14.4 Å². The van der Waals surface area contributed by atoms with Gasteiger partial charge in [0.25, 0.3) is 17.4 Å². The molecule has 0 aliphatic heterocycles. The average molecular weight is 547 g/mol. The average Bonchev–Trinajstić information content (AvgIpc) is 3.14. The molecule has 4 rings (SSSR count). The summed E-state index contributed by atoms with van der Waals surface area (Å²) < 4.78 is 1.66. The summed E-state index contributed by atoms with van der Waals surface area (Å²) in [6.07, 6.45) is 2.15. The number of aromatic amines is 1. The quantitative estimate of drug-likeness (QED) is 0.361. The van der Waals surface area contributed by atoms with Crippen LogP contribution in [0.4, 0.5) is 5.69 Å². The van der Waals surface area contributed by atoms with Gasteiger partial charge in [-0.05, 0) is 95.6 Å². The molecular weight excluding hydrogens is 504 g/mol. The number of H-pyrrole nitrogens is 1. The molecule has 3 aromatic rings. The minimum Gasteiger partial charge on any atom is -0.368 e. The van der Waals surface area contributed by atoms with Gasteiger partial charge in [0.05, 0.1) is 12.1 Å². The number of rotatable bonds is 10. The Morgan fingerprint density at radius 3 is 2.20 bits per heavy atom. The number of aromatic nitrogens is 2. The van der Waals surface area contributed by atoms with Crippen molar-refractivity contribution in [3.8, 4) is 11.1 Å². The molecule has 40 heavy (non-hydrogen) atoms. The van der Waals surface area contributed by atoms with Gasteiger partial charge in [0.1, 0.15) is 0 Å². The summed E-state index contributed by atoms with van der Waals surface area (Å²) in [7, 11) is 6.02. The molecule has 0 saturated heterocycles. The molecule has 1 aromatic heterocycles. The maximum Gasteiger partial charge on any atom is 0.269 e. The van der Waals surface area contributed by atoms with Crippen LogP contribution >= 0.6 is 0 Å². The van der Waals surface area contributed by atoms with Gasteiger partial charge in [-0.2, -0.15) is 0 Å². The summed E-state index contributed by atoms with van der Waals surface area (Å²) in [6, 6.07) is 12.5. The smallest absolute Gasteiger partial charge is 0.269 e. The van der Waals surface area contributed by atoms with Crippen molar-refractivity contribution in [3.05, 3.63) is 74.7 Å². The van der Waals surface area contributed by atoms with Crippen molar-refractivity contribution >= 4 is 17.5 Å². The largest absolute Gasteiger partial charge is 0.368 e. The van der Waals surface area contributed by atoms with E-state index in [-0.39, 0.29) is 23.9 Å². The third kappa shape index (κ3) is 5.84. The van der Waals surface area contributed by atoms with Crippen molar-refractivity contribution < 1.29 is 9.59 Å². The second-order valence-electron chi connectivity index (χ2n) is 10.9. The molecule has 1 aliphatic rings. The highest BCUT2D eigenvalue weighted by atomic mass is 16.2. The van der Waals surface area contributed by atoms with Crippen molar-refractivity contribution in [2.45, 2.75) is 59.2 Å². The molecule has 9 heteroatoms. The molecule has 1 aliphatic carbocycles. The second kappa shape index (κ2) is 12.1. The molecule has 9 nitrogen and oxygen atoms in total. The van der Waals surface area contributed by atoms with Crippen LogP contribution in [0.25, 0.3) is 11.1 Å². The standard InChI is InChI=1S/C31H42N6O3/c1-8-32-29(38)22-12-10-21(11-13-22)23-14-26(30(39)33-18-27-20(4)36(7)34-31(27)40)19(3)28(15-23)37(9-2)25-16-24(17-25)35(5)6/h10-15,24-25H,8-9,16-18H2,1-7H3,(H,32,38)(H,33,39)(H,34,40). The molecule has 2 aromatic carbocycles. The first-order chi connectivity index (χ1) is 19.0. The number of carbonyl (C=O) groups is 2. The molecular formula is C31H42N6O3.